The number of ether oxygens (including phenoxy) is 1. The minimum absolute atomic E-state index is 0.00132. The Labute approximate surface area is 366 Å². The van der Waals surface area contributed by atoms with Gasteiger partial charge in [0.15, 0.2) is 0 Å². The van der Waals surface area contributed by atoms with Gasteiger partial charge in [-0.05, 0) is 104 Å². The van der Waals surface area contributed by atoms with Crippen LogP contribution in [0.5, 0.6) is 5.75 Å². The molecule has 348 valence electrons. The predicted octanol–water partition coefficient (Wildman–Crippen LogP) is 7.09. The molecule has 10 nitrogen and oxygen atoms in total. The lowest BCUT2D eigenvalue weighted by Crippen LogP contribution is -2.65. The van der Waals surface area contributed by atoms with Crippen LogP contribution in [-0.4, -0.2) is 108 Å². The molecule has 2 saturated heterocycles. The van der Waals surface area contributed by atoms with Gasteiger partial charge in [-0.25, -0.2) is 17.6 Å². The van der Waals surface area contributed by atoms with E-state index < -0.39 is 70.5 Å². The zero-order chi connectivity index (χ0) is 46.0. The fraction of sp³-hybridized carbons (Fsp3) is 0.523. The minimum atomic E-state index is -4.43. The van der Waals surface area contributed by atoms with Crippen LogP contribution < -0.4 is 20.7 Å². The monoisotopic (exact) mass is 929 g/mol. The maximum atomic E-state index is 13.6. The van der Waals surface area contributed by atoms with Crippen LogP contribution in [0.3, 0.4) is 0 Å². The molecule has 2 spiro atoms. The Hall–Kier alpha value is -4.69. The van der Waals surface area contributed by atoms with E-state index in [9.17, 15) is 58.1 Å². The molecule has 0 bridgehead atoms. The van der Waals surface area contributed by atoms with E-state index in [0.29, 0.717) is 43.9 Å². The Morgan fingerprint density at radius 1 is 0.750 bits per heavy atom. The lowest BCUT2D eigenvalue weighted by atomic mass is 9.57. The molecule has 0 aromatic heterocycles. The minimum Gasteiger partial charge on any atom is -0.435 e. The van der Waals surface area contributed by atoms with Crippen molar-refractivity contribution in [2.24, 2.45) is 22.7 Å². The van der Waals surface area contributed by atoms with Crippen molar-refractivity contribution < 1.29 is 62.8 Å². The lowest BCUT2D eigenvalue weighted by Gasteiger charge is -2.59. The number of carbonyl (C=O) groups is 3. The number of benzene rings is 3. The SMILES string of the molecule is O=C(CN1CC2(CC(CNC(=O)c3cc(F)cc(C(F)F)c3)C2)C1)NC1(C(F)(F)F)CC1.O=C(NCC1CC2(C1)CN(CCS(=O)c1ccccc1)C2)c1cc(F)cc(OC(F)F)c1. The first-order valence-corrected chi connectivity index (χ1v) is 22.2. The summed E-state index contributed by atoms with van der Waals surface area (Å²) in [7, 11) is -0.987. The van der Waals surface area contributed by atoms with Crippen molar-refractivity contribution in [3.63, 3.8) is 0 Å². The molecule has 3 amide bonds. The van der Waals surface area contributed by atoms with Crippen LogP contribution in [-0.2, 0) is 15.6 Å². The molecule has 3 saturated carbocycles. The largest absolute Gasteiger partial charge is 0.435 e. The number of likely N-dealkylation sites (tertiary alicyclic amines) is 2. The molecule has 5 aliphatic rings. The summed E-state index contributed by atoms with van der Waals surface area (Å²) < 4.78 is 133. The molecule has 3 aliphatic carbocycles. The van der Waals surface area contributed by atoms with Crippen LogP contribution in [0.2, 0.25) is 0 Å². The highest BCUT2D eigenvalue weighted by molar-refractivity contribution is 7.85. The summed E-state index contributed by atoms with van der Waals surface area (Å²) in [6.45, 7) is 1.57. The van der Waals surface area contributed by atoms with Crippen molar-refractivity contribution >= 4 is 28.5 Å². The fourth-order valence-electron chi connectivity index (χ4n) is 9.64. The molecule has 3 N–H and O–H groups in total. The third-order valence-corrected chi connectivity index (χ3v) is 14.0. The average Bonchev–Trinajstić information content (AvgIpc) is 3.96. The first kappa shape index (κ1) is 47.3. The van der Waals surface area contributed by atoms with Gasteiger partial charge in [0, 0.05) is 79.2 Å². The number of rotatable bonds is 16. The van der Waals surface area contributed by atoms with E-state index in [2.05, 4.69) is 25.6 Å². The van der Waals surface area contributed by atoms with Crippen molar-refractivity contribution in [2.75, 3.05) is 58.1 Å². The topological polar surface area (TPSA) is 120 Å². The maximum Gasteiger partial charge on any atom is 0.411 e. The summed E-state index contributed by atoms with van der Waals surface area (Å²) in [5.41, 5.74) is -2.54. The van der Waals surface area contributed by atoms with Gasteiger partial charge in [0.25, 0.3) is 18.2 Å². The Balaban J connectivity index is 0.000000191. The molecule has 2 heterocycles. The first-order valence-electron chi connectivity index (χ1n) is 20.9. The summed E-state index contributed by atoms with van der Waals surface area (Å²) >= 11 is 0. The highest BCUT2D eigenvalue weighted by Crippen LogP contribution is 2.53. The van der Waals surface area contributed by atoms with Crippen molar-refractivity contribution in [1.29, 1.82) is 0 Å². The van der Waals surface area contributed by atoms with Crippen LogP contribution >= 0.6 is 0 Å². The van der Waals surface area contributed by atoms with Gasteiger partial charge in [-0.15, -0.1) is 0 Å². The zero-order valence-corrected chi connectivity index (χ0v) is 35.3. The van der Waals surface area contributed by atoms with Gasteiger partial charge < -0.3 is 25.6 Å². The van der Waals surface area contributed by atoms with Crippen molar-refractivity contribution in [2.45, 2.75) is 68.2 Å². The van der Waals surface area contributed by atoms with Crippen LogP contribution in [0.1, 0.15) is 71.2 Å². The van der Waals surface area contributed by atoms with Gasteiger partial charge in [-0.3, -0.25) is 23.5 Å². The van der Waals surface area contributed by atoms with Crippen LogP contribution in [0.15, 0.2) is 71.6 Å². The number of hydrogen-bond donors (Lipinski definition) is 3. The second-order valence-electron chi connectivity index (χ2n) is 17.9. The zero-order valence-electron chi connectivity index (χ0n) is 34.5. The van der Waals surface area contributed by atoms with Gasteiger partial charge >= 0.3 is 12.8 Å². The molecule has 1 atom stereocenters. The standard InChI is InChI=1S/C23H25F3N2O3S.C21H23F6N3O2/c24-18-8-17(9-19(10-18)31-22(25)26)21(29)27-13-16-11-23(12-16)14-28(15-23)6-7-32(30)20-4-2-1-3-5-20;22-15-4-13(17(23)24)3-14(5-15)18(32)28-8-12-6-19(7-12)10-30(11-19)9-16(31)29-20(1-2-20)21(25,26)27/h1-5,8-10,16,22H,6-7,11-15H2,(H,27,29);3-5,12,17H,1-2,6-11H2,(H,28,32)(H,29,31). The van der Waals surface area contributed by atoms with E-state index in [1.165, 1.54) is 0 Å². The molecule has 3 aromatic carbocycles. The molecule has 1 unspecified atom stereocenters. The predicted molar refractivity (Wildman–Crippen MR) is 216 cm³/mol. The van der Waals surface area contributed by atoms with E-state index >= 15 is 0 Å². The maximum absolute atomic E-state index is 13.6. The fourth-order valence-corrected chi connectivity index (χ4v) is 10.8. The number of carbonyl (C=O) groups excluding carboxylic acids is 3. The summed E-state index contributed by atoms with van der Waals surface area (Å²) in [5, 5.41) is 7.51. The number of amides is 3. The van der Waals surface area contributed by atoms with Crippen LogP contribution in [0.25, 0.3) is 0 Å². The second kappa shape index (κ2) is 19.0. The third kappa shape index (κ3) is 11.6. The Kier molecular flexibility index (Phi) is 14.1. The Bertz CT molecular complexity index is 2190. The van der Waals surface area contributed by atoms with E-state index in [0.717, 1.165) is 80.5 Å². The van der Waals surface area contributed by atoms with Gasteiger partial charge in [0.05, 0.1) is 17.3 Å². The van der Waals surface area contributed by atoms with E-state index in [4.69, 9.17) is 0 Å². The van der Waals surface area contributed by atoms with Crippen LogP contribution in [0, 0.1) is 34.3 Å². The van der Waals surface area contributed by atoms with Gasteiger partial charge in [0.2, 0.25) is 5.91 Å². The molecule has 20 heteroatoms. The van der Waals surface area contributed by atoms with Gasteiger partial charge in [0.1, 0.15) is 22.9 Å². The van der Waals surface area contributed by atoms with E-state index in [1.54, 1.807) is 4.90 Å². The molecule has 0 radical (unpaired) electrons. The summed E-state index contributed by atoms with van der Waals surface area (Å²) in [6, 6.07) is 14.9. The number of alkyl halides is 7. The van der Waals surface area contributed by atoms with Crippen molar-refractivity contribution in [3.05, 3.63) is 95.1 Å². The molecule has 2 aliphatic heterocycles. The summed E-state index contributed by atoms with van der Waals surface area (Å²) in [6.07, 6.45) is -3.93. The molecule has 64 heavy (non-hydrogen) atoms. The Morgan fingerprint density at radius 2 is 1.28 bits per heavy atom. The number of nitrogens with one attached hydrogen (secondary N) is 3. The number of halogens is 9. The second-order valence-corrected chi connectivity index (χ2v) is 19.5. The summed E-state index contributed by atoms with van der Waals surface area (Å²) in [4.78, 5) is 41.4. The van der Waals surface area contributed by atoms with Crippen molar-refractivity contribution in [1.82, 2.24) is 25.8 Å². The quantitative estimate of drug-likeness (QED) is 0.131. The van der Waals surface area contributed by atoms with E-state index in [1.807, 2.05) is 30.3 Å². The molecular formula is C44H48F9N5O5S. The normalized spacial score (nSPS) is 21.1. The molecule has 5 fully saturated rings. The third-order valence-electron chi connectivity index (χ3n) is 12.7. The van der Waals surface area contributed by atoms with Crippen molar-refractivity contribution in [3.8, 4) is 5.75 Å². The Morgan fingerprint density at radius 3 is 1.80 bits per heavy atom. The average molecular weight is 930 g/mol. The van der Waals surface area contributed by atoms with E-state index in [-0.39, 0.29) is 53.0 Å². The van der Waals surface area contributed by atoms with Gasteiger partial charge in [-0.1, -0.05) is 18.2 Å². The highest BCUT2D eigenvalue weighted by Gasteiger charge is 2.64. The number of nitrogens with zero attached hydrogens (tertiary/aromatic N) is 2. The smallest absolute Gasteiger partial charge is 0.411 e. The first-order chi connectivity index (χ1) is 30.2. The lowest BCUT2D eigenvalue weighted by molar-refractivity contribution is -0.172. The highest BCUT2D eigenvalue weighted by atomic mass is 32.2. The molecule has 8 rings (SSSR count). The van der Waals surface area contributed by atoms with Crippen LogP contribution in [0.4, 0.5) is 39.5 Å². The van der Waals surface area contributed by atoms with Gasteiger partial charge in [-0.2, -0.15) is 22.0 Å². The summed E-state index contributed by atoms with van der Waals surface area (Å²) in [5.74, 6) is -2.74. The molecular weight excluding hydrogens is 882 g/mol. The number of hydrogen-bond acceptors (Lipinski definition) is 7. The molecule has 3 aromatic rings.